The molecule has 0 radical (unpaired) electrons. The highest BCUT2D eigenvalue weighted by Gasteiger charge is 2.38. The van der Waals surface area contributed by atoms with E-state index in [4.69, 9.17) is 11.6 Å². The quantitative estimate of drug-likeness (QED) is 0.658. The molecule has 0 unspecified atom stereocenters. The van der Waals surface area contributed by atoms with E-state index in [9.17, 15) is 8.42 Å². The lowest BCUT2D eigenvalue weighted by molar-refractivity contribution is 0.395. The number of nitrogens with zero attached hydrogens (tertiary/aromatic N) is 1. The van der Waals surface area contributed by atoms with Crippen LogP contribution in [-0.4, -0.2) is 25.3 Å². The predicted molar refractivity (Wildman–Crippen MR) is 83.4 cm³/mol. The molecule has 1 aromatic rings. The second kappa shape index (κ2) is 6.43. The molecular weight excluding hydrogens is 370 g/mol. The van der Waals surface area contributed by atoms with Crippen molar-refractivity contribution in [2.24, 2.45) is 0 Å². The van der Waals surface area contributed by atoms with Crippen molar-refractivity contribution >= 4 is 48.9 Å². The average Bonchev–Trinajstić information content (AvgIpc) is 3.11. The molecule has 108 valence electrons. The molecule has 1 saturated carbocycles. The first kappa shape index (κ1) is 15.8. The number of rotatable bonds is 7. The van der Waals surface area contributed by atoms with Crippen LogP contribution in [0.2, 0.25) is 0 Å². The van der Waals surface area contributed by atoms with E-state index < -0.39 is 10.0 Å². The topological polar surface area (TPSA) is 37.4 Å². The number of sulfonamides is 1. The summed E-state index contributed by atoms with van der Waals surface area (Å²) in [5.41, 5.74) is 0. The zero-order valence-corrected chi connectivity index (χ0v) is 14.7. The van der Waals surface area contributed by atoms with E-state index in [2.05, 4.69) is 22.9 Å². The summed E-state index contributed by atoms with van der Waals surface area (Å²) in [6, 6.07) is 1.89. The van der Waals surface area contributed by atoms with Crippen molar-refractivity contribution < 1.29 is 8.42 Å². The van der Waals surface area contributed by atoms with Gasteiger partial charge < -0.3 is 0 Å². The maximum atomic E-state index is 12.7. The molecule has 1 fully saturated rings. The number of alkyl halides is 1. The minimum atomic E-state index is -3.39. The largest absolute Gasteiger partial charge is 0.245 e. The maximum Gasteiger partial charge on any atom is 0.245 e. The van der Waals surface area contributed by atoms with Gasteiger partial charge in [0.25, 0.3) is 0 Å². The Balaban J connectivity index is 2.30. The number of hydrogen-bond donors (Lipinski definition) is 0. The summed E-state index contributed by atoms with van der Waals surface area (Å²) in [5, 5.41) is 0. The average molecular weight is 387 g/mol. The van der Waals surface area contributed by atoms with Crippen LogP contribution in [0, 0.1) is 0 Å². The first-order chi connectivity index (χ1) is 9.00. The molecule has 0 N–H and O–H groups in total. The number of halogens is 2. The van der Waals surface area contributed by atoms with Crippen LogP contribution < -0.4 is 0 Å². The molecule has 0 saturated heterocycles. The van der Waals surface area contributed by atoms with Crippen molar-refractivity contribution in [3.63, 3.8) is 0 Å². The molecule has 1 heterocycles. The van der Waals surface area contributed by atoms with E-state index in [1.807, 2.05) is 0 Å². The Morgan fingerprint density at radius 3 is 2.68 bits per heavy atom. The van der Waals surface area contributed by atoms with Crippen molar-refractivity contribution in [1.82, 2.24) is 4.31 Å². The standard InChI is InChI=1S/C12H17BrClNO2S2/c1-2-3-6-15(9-4-5-9)19(16,17)11-7-10(8-14)18-12(11)13/h7,9H,2-6,8H2,1H3. The van der Waals surface area contributed by atoms with Gasteiger partial charge in [0, 0.05) is 17.5 Å². The highest BCUT2D eigenvalue weighted by Crippen LogP contribution is 2.38. The van der Waals surface area contributed by atoms with E-state index in [1.54, 1.807) is 10.4 Å². The number of thiophene rings is 1. The Kier molecular flexibility index (Phi) is 5.34. The van der Waals surface area contributed by atoms with Crippen LogP contribution in [0.5, 0.6) is 0 Å². The van der Waals surface area contributed by atoms with Gasteiger partial charge in [0.05, 0.1) is 9.67 Å². The van der Waals surface area contributed by atoms with Crippen molar-refractivity contribution in [2.45, 2.75) is 49.4 Å². The summed E-state index contributed by atoms with van der Waals surface area (Å²) in [4.78, 5) is 1.24. The molecule has 0 atom stereocenters. The van der Waals surface area contributed by atoms with Crippen LogP contribution in [0.25, 0.3) is 0 Å². The predicted octanol–water partition coefficient (Wildman–Crippen LogP) is 4.20. The third-order valence-corrected chi connectivity index (χ3v) is 7.76. The van der Waals surface area contributed by atoms with Crippen LogP contribution in [0.4, 0.5) is 0 Å². The monoisotopic (exact) mass is 385 g/mol. The van der Waals surface area contributed by atoms with E-state index in [-0.39, 0.29) is 6.04 Å². The second-order valence-electron chi connectivity index (χ2n) is 4.68. The van der Waals surface area contributed by atoms with Gasteiger partial charge in [-0.25, -0.2) is 8.42 Å². The van der Waals surface area contributed by atoms with Gasteiger partial charge in [0.15, 0.2) is 0 Å². The van der Waals surface area contributed by atoms with E-state index in [1.165, 1.54) is 11.3 Å². The van der Waals surface area contributed by atoms with E-state index in [0.29, 0.717) is 21.1 Å². The van der Waals surface area contributed by atoms with E-state index in [0.717, 1.165) is 30.6 Å². The van der Waals surface area contributed by atoms with Crippen LogP contribution in [0.3, 0.4) is 0 Å². The van der Waals surface area contributed by atoms with Gasteiger partial charge in [-0.1, -0.05) is 13.3 Å². The maximum absolute atomic E-state index is 12.7. The fraction of sp³-hybridized carbons (Fsp3) is 0.667. The van der Waals surface area contributed by atoms with Crippen LogP contribution in [-0.2, 0) is 15.9 Å². The van der Waals surface area contributed by atoms with Gasteiger partial charge in [-0.2, -0.15) is 4.31 Å². The zero-order valence-electron chi connectivity index (χ0n) is 10.7. The highest BCUT2D eigenvalue weighted by atomic mass is 79.9. The third kappa shape index (κ3) is 3.53. The van der Waals surface area contributed by atoms with Gasteiger partial charge in [-0.15, -0.1) is 22.9 Å². The van der Waals surface area contributed by atoms with Crippen LogP contribution in [0.1, 0.15) is 37.5 Å². The van der Waals surface area contributed by atoms with E-state index >= 15 is 0 Å². The summed E-state index contributed by atoms with van der Waals surface area (Å²) in [6.45, 7) is 2.69. The molecule has 7 heteroatoms. The first-order valence-corrected chi connectivity index (χ1v) is 9.95. The van der Waals surface area contributed by atoms with Crippen molar-refractivity contribution in [2.75, 3.05) is 6.54 Å². The lowest BCUT2D eigenvalue weighted by atomic mass is 10.3. The SMILES string of the molecule is CCCCN(C1CC1)S(=O)(=O)c1cc(CCl)sc1Br. The molecule has 0 aromatic carbocycles. The Hall–Kier alpha value is 0.380. The molecule has 0 spiro atoms. The van der Waals surface area contributed by atoms with Gasteiger partial charge in [0.2, 0.25) is 10.0 Å². The lowest BCUT2D eigenvalue weighted by Crippen LogP contribution is -2.34. The highest BCUT2D eigenvalue weighted by molar-refractivity contribution is 9.11. The van der Waals surface area contributed by atoms with Gasteiger partial charge in [-0.05, 0) is 41.3 Å². The fourth-order valence-electron chi connectivity index (χ4n) is 1.94. The molecule has 1 aromatic heterocycles. The molecule has 0 amide bonds. The Morgan fingerprint density at radius 2 is 2.21 bits per heavy atom. The molecule has 0 bridgehead atoms. The Bertz CT molecular complexity index is 540. The van der Waals surface area contributed by atoms with Gasteiger partial charge in [0.1, 0.15) is 4.90 Å². The lowest BCUT2D eigenvalue weighted by Gasteiger charge is -2.21. The van der Waals surface area contributed by atoms with Crippen molar-refractivity contribution in [1.29, 1.82) is 0 Å². The molecule has 2 rings (SSSR count). The minimum absolute atomic E-state index is 0.197. The molecule has 19 heavy (non-hydrogen) atoms. The number of unbranched alkanes of at least 4 members (excludes halogenated alkanes) is 1. The Morgan fingerprint density at radius 1 is 1.53 bits per heavy atom. The fourth-order valence-corrected chi connectivity index (χ4v) is 6.39. The third-order valence-electron chi connectivity index (χ3n) is 3.11. The summed E-state index contributed by atoms with van der Waals surface area (Å²) < 4.78 is 27.8. The zero-order chi connectivity index (χ0) is 14.0. The second-order valence-corrected chi connectivity index (χ2v) is 9.27. The summed E-state index contributed by atoms with van der Waals surface area (Å²) in [7, 11) is -3.39. The molecule has 3 nitrogen and oxygen atoms in total. The van der Waals surface area contributed by atoms with Crippen molar-refractivity contribution in [3.05, 3.63) is 14.7 Å². The minimum Gasteiger partial charge on any atom is -0.207 e. The first-order valence-electron chi connectivity index (χ1n) is 6.36. The molecule has 0 aliphatic heterocycles. The number of hydrogen-bond acceptors (Lipinski definition) is 3. The summed E-state index contributed by atoms with van der Waals surface area (Å²) >= 11 is 10.5. The Labute approximate surface area is 132 Å². The molecule has 1 aliphatic rings. The van der Waals surface area contributed by atoms with Gasteiger partial charge in [-0.3, -0.25) is 0 Å². The summed E-state index contributed by atoms with van der Waals surface area (Å²) in [6.07, 6.45) is 3.86. The molecule has 1 aliphatic carbocycles. The smallest absolute Gasteiger partial charge is 0.207 e. The van der Waals surface area contributed by atoms with Crippen LogP contribution in [0.15, 0.2) is 14.7 Å². The summed E-state index contributed by atoms with van der Waals surface area (Å²) in [5.74, 6) is 0.344. The van der Waals surface area contributed by atoms with Crippen LogP contribution >= 0.6 is 38.9 Å². The van der Waals surface area contributed by atoms with Gasteiger partial charge >= 0.3 is 0 Å². The van der Waals surface area contributed by atoms with Crippen molar-refractivity contribution in [3.8, 4) is 0 Å². The normalized spacial score (nSPS) is 16.2. The molecular formula is C12H17BrClNO2S2.